The highest BCUT2D eigenvalue weighted by Gasteiger charge is 2.12. The van der Waals surface area contributed by atoms with Crippen molar-refractivity contribution in [3.8, 4) is 0 Å². The van der Waals surface area contributed by atoms with Crippen molar-refractivity contribution >= 4 is 11.9 Å². The topological polar surface area (TPSA) is 17.1 Å². The van der Waals surface area contributed by atoms with Gasteiger partial charge in [-0.15, -0.1) is 0 Å². The lowest BCUT2D eigenvalue weighted by Gasteiger charge is -2.18. The normalized spacial score (nSPS) is 12.0. The quantitative estimate of drug-likeness (QED) is 0.750. The first-order chi connectivity index (χ1) is 7.89. The molecule has 0 amide bonds. The summed E-state index contributed by atoms with van der Waals surface area (Å²) in [5, 5.41) is 0. The lowest BCUT2D eigenvalue weighted by molar-refractivity contribution is -0.116. The predicted octanol–water partition coefficient (Wildman–Crippen LogP) is 4.37. The number of hydrogen-bond acceptors (Lipinski definition) is 1. The van der Waals surface area contributed by atoms with Gasteiger partial charge in [-0.2, -0.15) is 0 Å². The molecule has 1 aromatic carbocycles. The van der Waals surface area contributed by atoms with E-state index >= 15 is 0 Å². The van der Waals surface area contributed by atoms with Gasteiger partial charge in [-0.25, -0.2) is 0 Å². The van der Waals surface area contributed by atoms with E-state index in [0.717, 1.165) is 6.42 Å². The molecule has 0 saturated heterocycles. The Morgan fingerprint density at radius 3 is 2.24 bits per heavy atom. The van der Waals surface area contributed by atoms with E-state index in [4.69, 9.17) is 0 Å². The fourth-order valence-corrected chi connectivity index (χ4v) is 1.60. The van der Waals surface area contributed by atoms with E-state index in [2.05, 4.69) is 57.2 Å². The molecule has 1 nitrogen and oxygen atoms in total. The summed E-state index contributed by atoms with van der Waals surface area (Å²) >= 11 is 0. The minimum absolute atomic E-state index is 0.205. The number of ketones is 1. The molecule has 0 heterocycles. The van der Waals surface area contributed by atoms with Gasteiger partial charge in [0.05, 0.1) is 0 Å². The van der Waals surface area contributed by atoms with Crippen molar-refractivity contribution in [2.24, 2.45) is 0 Å². The molecule has 0 N–H and O–H groups in total. The molecule has 0 aliphatic rings. The first-order valence-corrected chi connectivity index (χ1v) is 6.16. The van der Waals surface area contributed by atoms with Crippen LogP contribution in [0.3, 0.4) is 0 Å². The maximum Gasteiger partial charge on any atom is 0.130 e. The van der Waals surface area contributed by atoms with Gasteiger partial charge in [0.2, 0.25) is 0 Å². The van der Waals surface area contributed by atoms with Crippen LogP contribution in [0.25, 0.3) is 6.08 Å². The molecule has 1 heteroatoms. The molecule has 1 aromatic rings. The summed E-state index contributed by atoms with van der Waals surface area (Å²) in [6.07, 6.45) is 5.61. The molecule has 0 aliphatic heterocycles. The van der Waals surface area contributed by atoms with Crippen molar-refractivity contribution in [2.75, 3.05) is 0 Å². The highest BCUT2D eigenvalue weighted by molar-refractivity contribution is 5.75. The molecule has 0 saturated carbocycles. The van der Waals surface area contributed by atoms with Gasteiger partial charge in [0.15, 0.2) is 0 Å². The summed E-state index contributed by atoms with van der Waals surface area (Å²) in [6.45, 7) is 8.27. The predicted molar refractivity (Wildman–Crippen MR) is 74.1 cm³/mol. The largest absolute Gasteiger partial charge is 0.300 e. The molecule has 0 bridgehead atoms. The lowest BCUT2D eigenvalue weighted by Crippen LogP contribution is -2.10. The zero-order valence-corrected chi connectivity index (χ0v) is 11.3. The Morgan fingerprint density at radius 2 is 1.76 bits per heavy atom. The van der Waals surface area contributed by atoms with Crippen LogP contribution < -0.4 is 0 Å². The van der Waals surface area contributed by atoms with Crippen LogP contribution in [0.1, 0.15) is 51.7 Å². The van der Waals surface area contributed by atoms with E-state index < -0.39 is 0 Å². The second-order valence-electron chi connectivity index (χ2n) is 5.52. The Bertz CT molecular complexity index is 391. The second-order valence-corrected chi connectivity index (χ2v) is 5.52. The first-order valence-electron chi connectivity index (χ1n) is 6.16. The SMILES string of the molecule is CC(=O)CC/C=C/c1ccc(C(C)(C)C)cc1. The molecule has 0 atom stereocenters. The molecule has 0 aliphatic carbocycles. The summed E-state index contributed by atoms with van der Waals surface area (Å²) in [7, 11) is 0. The number of rotatable bonds is 4. The zero-order chi connectivity index (χ0) is 12.9. The second kappa shape index (κ2) is 5.81. The van der Waals surface area contributed by atoms with E-state index in [0.29, 0.717) is 6.42 Å². The Hall–Kier alpha value is -1.37. The molecule has 0 unspecified atom stereocenters. The number of carbonyl (C=O) groups excluding carboxylic acids is 1. The third-order valence-electron chi connectivity index (χ3n) is 2.75. The molecule has 0 radical (unpaired) electrons. The average Bonchev–Trinajstić information content (AvgIpc) is 2.23. The molecule has 17 heavy (non-hydrogen) atoms. The molecule has 1 rings (SSSR count). The van der Waals surface area contributed by atoms with Gasteiger partial charge < -0.3 is 4.79 Å². The molecule has 92 valence electrons. The Balaban J connectivity index is 2.60. The Morgan fingerprint density at radius 1 is 1.18 bits per heavy atom. The molecule has 0 aromatic heterocycles. The van der Waals surface area contributed by atoms with Crippen LogP contribution in [0.4, 0.5) is 0 Å². The van der Waals surface area contributed by atoms with Crippen LogP contribution in [0, 0.1) is 0 Å². The molecular formula is C16H22O. The van der Waals surface area contributed by atoms with Gasteiger partial charge in [-0.05, 0) is 29.9 Å². The van der Waals surface area contributed by atoms with E-state index in [1.165, 1.54) is 11.1 Å². The van der Waals surface area contributed by atoms with Crippen molar-refractivity contribution in [3.05, 3.63) is 41.5 Å². The van der Waals surface area contributed by atoms with Crippen LogP contribution in [0.15, 0.2) is 30.3 Å². The Labute approximate surface area is 105 Å². The highest BCUT2D eigenvalue weighted by Crippen LogP contribution is 2.22. The number of hydrogen-bond donors (Lipinski definition) is 0. The highest BCUT2D eigenvalue weighted by atomic mass is 16.1. The van der Waals surface area contributed by atoms with Gasteiger partial charge in [-0.1, -0.05) is 57.2 Å². The smallest absolute Gasteiger partial charge is 0.130 e. The van der Waals surface area contributed by atoms with Crippen LogP contribution >= 0.6 is 0 Å². The van der Waals surface area contributed by atoms with Crippen molar-refractivity contribution in [1.82, 2.24) is 0 Å². The van der Waals surface area contributed by atoms with Crippen molar-refractivity contribution in [2.45, 2.75) is 46.0 Å². The van der Waals surface area contributed by atoms with Crippen LogP contribution in [0.5, 0.6) is 0 Å². The fourth-order valence-electron chi connectivity index (χ4n) is 1.60. The maximum absolute atomic E-state index is 10.8. The minimum atomic E-state index is 0.205. The maximum atomic E-state index is 10.8. The molecule has 0 fully saturated rings. The van der Waals surface area contributed by atoms with Crippen molar-refractivity contribution in [1.29, 1.82) is 0 Å². The summed E-state index contributed by atoms with van der Waals surface area (Å²) in [5.41, 5.74) is 2.75. The zero-order valence-electron chi connectivity index (χ0n) is 11.3. The van der Waals surface area contributed by atoms with E-state index in [1.54, 1.807) is 6.92 Å². The summed E-state index contributed by atoms with van der Waals surface area (Å²) in [5.74, 6) is 0.248. The van der Waals surface area contributed by atoms with Gasteiger partial charge in [0.25, 0.3) is 0 Å². The van der Waals surface area contributed by atoms with Crippen LogP contribution in [-0.4, -0.2) is 5.78 Å². The van der Waals surface area contributed by atoms with E-state index in [1.807, 2.05) is 0 Å². The standard InChI is InChI=1S/C16H22O/c1-13(17)7-5-6-8-14-9-11-15(12-10-14)16(2,3)4/h6,8-12H,5,7H2,1-4H3/b8-6+. The number of allylic oxidation sites excluding steroid dienone is 1. The first kappa shape index (κ1) is 13.7. The number of benzene rings is 1. The molecule has 0 spiro atoms. The van der Waals surface area contributed by atoms with Gasteiger partial charge >= 0.3 is 0 Å². The van der Waals surface area contributed by atoms with Gasteiger partial charge in [-0.3, -0.25) is 0 Å². The molecular weight excluding hydrogens is 208 g/mol. The van der Waals surface area contributed by atoms with Gasteiger partial charge in [0, 0.05) is 6.42 Å². The van der Waals surface area contributed by atoms with Crippen LogP contribution in [0.2, 0.25) is 0 Å². The van der Waals surface area contributed by atoms with E-state index in [-0.39, 0.29) is 11.2 Å². The van der Waals surface area contributed by atoms with Crippen molar-refractivity contribution in [3.63, 3.8) is 0 Å². The third-order valence-corrected chi connectivity index (χ3v) is 2.75. The van der Waals surface area contributed by atoms with Crippen LogP contribution in [-0.2, 0) is 10.2 Å². The van der Waals surface area contributed by atoms with Gasteiger partial charge in [0.1, 0.15) is 5.78 Å². The van der Waals surface area contributed by atoms with Crippen molar-refractivity contribution < 1.29 is 4.79 Å². The Kier molecular flexibility index (Phi) is 4.68. The summed E-state index contributed by atoms with van der Waals surface area (Å²) in [6, 6.07) is 8.60. The third kappa shape index (κ3) is 4.99. The monoisotopic (exact) mass is 230 g/mol. The summed E-state index contributed by atoms with van der Waals surface area (Å²) < 4.78 is 0. The lowest BCUT2D eigenvalue weighted by atomic mass is 9.87. The fraction of sp³-hybridized carbons (Fsp3) is 0.438. The minimum Gasteiger partial charge on any atom is -0.300 e. The van der Waals surface area contributed by atoms with E-state index in [9.17, 15) is 4.79 Å². The number of Topliss-reactive ketones (excluding diaryl/α,β-unsaturated/α-hetero) is 1. The summed E-state index contributed by atoms with van der Waals surface area (Å²) in [4.78, 5) is 10.8. The number of carbonyl (C=O) groups is 1. The average molecular weight is 230 g/mol.